The van der Waals surface area contributed by atoms with Crippen LogP contribution in [0.3, 0.4) is 0 Å². The number of nitrogens with zero attached hydrogens (tertiary/aromatic N) is 5. The third-order valence-electron chi connectivity index (χ3n) is 2.94. The number of pyridine rings is 1. The average Bonchev–Trinajstić information content (AvgIpc) is 2.97. The molecule has 0 saturated carbocycles. The fraction of sp³-hybridized carbons (Fsp3) is 0.308. The minimum Gasteiger partial charge on any atom is -0.351 e. The maximum absolute atomic E-state index is 4.42. The molecule has 0 aliphatic carbocycles. The summed E-state index contributed by atoms with van der Waals surface area (Å²) < 4.78 is 3.74. The van der Waals surface area contributed by atoms with Gasteiger partial charge in [0.25, 0.3) is 0 Å². The average molecular weight is 256 g/mol. The van der Waals surface area contributed by atoms with E-state index < -0.39 is 0 Å². The van der Waals surface area contributed by atoms with Crippen LogP contribution in [0.2, 0.25) is 0 Å². The van der Waals surface area contributed by atoms with Crippen LogP contribution in [-0.2, 0) is 6.54 Å². The van der Waals surface area contributed by atoms with Gasteiger partial charge in [-0.2, -0.15) is 10.1 Å². The minimum atomic E-state index is 0.651. The van der Waals surface area contributed by atoms with Gasteiger partial charge in [-0.05, 0) is 31.5 Å². The van der Waals surface area contributed by atoms with Gasteiger partial charge in [0.2, 0.25) is 5.95 Å². The van der Waals surface area contributed by atoms with Crippen LogP contribution in [0.25, 0.3) is 5.65 Å². The highest BCUT2D eigenvalue weighted by Gasteiger charge is 2.04. The number of hydrogen-bond donors (Lipinski definition) is 1. The summed E-state index contributed by atoms with van der Waals surface area (Å²) in [6, 6.07) is 5.94. The molecule has 0 atom stereocenters. The SMILES string of the molecule is Cc1cnn(CCNc2nc3cccc(C)n3n2)c1. The molecule has 0 bridgehead atoms. The van der Waals surface area contributed by atoms with E-state index in [0.717, 1.165) is 24.4 Å². The Labute approximate surface area is 111 Å². The van der Waals surface area contributed by atoms with Crippen molar-refractivity contribution in [2.24, 2.45) is 0 Å². The first-order valence-corrected chi connectivity index (χ1v) is 6.28. The highest BCUT2D eigenvalue weighted by Crippen LogP contribution is 2.07. The standard InChI is InChI=1S/C13H16N6/c1-10-8-15-18(9-10)7-6-14-13-16-12-5-3-4-11(2)19(12)17-13/h3-5,8-9H,6-7H2,1-2H3,(H,14,17). The van der Waals surface area contributed by atoms with Gasteiger partial charge in [0.05, 0.1) is 12.7 Å². The maximum Gasteiger partial charge on any atom is 0.243 e. The van der Waals surface area contributed by atoms with Gasteiger partial charge in [0, 0.05) is 18.4 Å². The van der Waals surface area contributed by atoms with E-state index in [-0.39, 0.29) is 0 Å². The van der Waals surface area contributed by atoms with Gasteiger partial charge in [-0.25, -0.2) is 4.52 Å². The number of fused-ring (bicyclic) bond motifs is 1. The largest absolute Gasteiger partial charge is 0.351 e. The van der Waals surface area contributed by atoms with Gasteiger partial charge in [0.15, 0.2) is 5.65 Å². The van der Waals surface area contributed by atoms with E-state index in [1.807, 2.05) is 53.6 Å². The summed E-state index contributed by atoms with van der Waals surface area (Å²) >= 11 is 0. The van der Waals surface area contributed by atoms with Crippen LogP contribution in [0.1, 0.15) is 11.3 Å². The second kappa shape index (κ2) is 4.72. The van der Waals surface area contributed by atoms with Crippen LogP contribution in [0.4, 0.5) is 5.95 Å². The molecule has 6 nitrogen and oxygen atoms in total. The number of aryl methyl sites for hydroxylation is 2. The lowest BCUT2D eigenvalue weighted by atomic mass is 10.4. The Hall–Kier alpha value is -2.37. The van der Waals surface area contributed by atoms with Crippen molar-refractivity contribution in [2.45, 2.75) is 20.4 Å². The molecular weight excluding hydrogens is 240 g/mol. The monoisotopic (exact) mass is 256 g/mol. The maximum atomic E-state index is 4.42. The minimum absolute atomic E-state index is 0.651. The lowest BCUT2D eigenvalue weighted by molar-refractivity contribution is 0.635. The van der Waals surface area contributed by atoms with Gasteiger partial charge in [0.1, 0.15) is 0 Å². The molecule has 0 aliphatic heterocycles. The van der Waals surface area contributed by atoms with Crippen LogP contribution < -0.4 is 5.32 Å². The van der Waals surface area contributed by atoms with E-state index >= 15 is 0 Å². The summed E-state index contributed by atoms with van der Waals surface area (Å²) in [7, 11) is 0. The Morgan fingerprint density at radius 1 is 1.26 bits per heavy atom. The zero-order valence-electron chi connectivity index (χ0n) is 11.0. The third-order valence-corrected chi connectivity index (χ3v) is 2.94. The molecule has 0 aromatic carbocycles. The van der Waals surface area contributed by atoms with E-state index in [1.54, 1.807) is 0 Å². The number of nitrogens with one attached hydrogen (secondary N) is 1. The second-order valence-corrected chi connectivity index (χ2v) is 4.58. The number of aromatic nitrogens is 5. The quantitative estimate of drug-likeness (QED) is 0.771. The predicted octanol–water partition coefficient (Wildman–Crippen LogP) is 1.65. The summed E-state index contributed by atoms with van der Waals surface area (Å²) in [5, 5.41) is 11.9. The fourth-order valence-electron chi connectivity index (χ4n) is 1.98. The molecule has 0 amide bonds. The van der Waals surface area contributed by atoms with Crippen molar-refractivity contribution >= 4 is 11.6 Å². The molecule has 6 heteroatoms. The first kappa shape index (κ1) is 11.7. The molecule has 19 heavy (non-hydrogen) atoms. The van der Waals surface area contributed by atoms with E-state index in [4.69, 9.17) is 0 Å². The molecule has 0 saturated heterocycles. The van der Waals surface area contributed by atoms with E-state index in [9.17, 15) is 0 Å². The van der Waals surface area contributed by atoms with Crippen LogP contribution >= 0.6 is 0 Å². The molecule has 0 fully saturated rings. The first-order valence-electron chi connectivity index (χ1n) is 6.28. The highest BCUT2D eigenvalue weighted by molar-refractivity contribution is 5.44. The predicted molar refractivity (Wildman–Crippen MR) is 73.2 cm³/mol. The first-order chi connectivity index (χ1) is 9.22. The molecule has 98 valence electrons. The third kappa shape index (κ3) is 2.42. The van der Waals surface area contributed by atoms with Gasteiger partial charge >= 0.3 is 0 Å². The Morgan fingerprint density at radius 2 is 2.16 bits per heavy atom. The van der Waals surface area contributed by atoms with Gasteiger partial charge in [-0.3, -0.25) is 4.68 Å². The van der Waals surface area contributed by atoms with Crippen LogP contribution in [0.5, 0.6) is 0 Å². The molecule has 1 N–H and O–H groups in total. The Kier molecular flexibility index (Phi) is 2.91. The van der Waals surface area contributed by atoms with Crippen molar-refractivity contribution in [2.75, 3.05) is 11.9 Å². The van der Waals surface area contributed by atoms with E-state index in [1.165, 1.54) is 5.56 Å². The zero-order chi connectivity index (χ0) is 13.2. The van der Waals surface area contributed by atoms with Gasteiger partial charge in [-0.1, -0.05) is 6.07 Å². The van der Waals surface area contributed by atoms with Crippen molar-refractivity contribution in [1.29, 1.82) is 0 Å². The van der Waals surface area contributed by atoms with Crippen molar-refractivity contribution in [3.63, 3.8) is 0 Å². The molecule has 0 unspecified atom stereocenters. The summed E-state index contributed by atoms with van der Waals surface area (Å²) in [5.74, 6) is 0.651. The van der Waals surface area contributed by atoms with Crippen molar-refractivity contribution < 1.29 is 0 Å². The lowest BCUT2D eigenvalue weighted by Crippen LogP contribution is -2.11. The number of anilines is 1. The normalized spacial score (nSPS) is 11.1. The molecule has 3 aromatic heterocycles. The van der Waals surface area contributed by atoms with Gasteiger partial charge in [-0.15, -0.1) is 5.10 Å². The molecule has 3 heterocycles. The topological polar surface area (TPSA) is 60.0 Å². The Bertz CT molecular complexity index is 696. The number of hydrogen-bond acceptors (Lipinski definition) is 4. The van der Waals surface area contributed by atoms with Crippen LogP contribution in [0.15, 0.2) is 30.6 Å². The van der Waals surface area contributed by atoms with E-state index in [2.05, 4.69) is 20.5 Å². The van der Waals surface area contributed by atoms with E-state index in [0.29, 0.717) is 5.95 Å². The van der Waals surface area contributed by atoms with Crippen LogP contribution in [-0.4, -0.2) is 30.9 Å². The molecule has 0 radical (unpaired) electrons. The zero-order valence-corrected chi connectivity index (χ0v) is 11.0. The summed E-state index contributed by atoms with van der Waals surface area (Å²) in [4.78, 5) is 4.42. The van der Waals surface area contributed by atoms with Crippen molar-refractivity contribution in [3.05, 3.63) is 41.9 Å². The summed E-state index contributed by atoms with van der Waals surface area (Å²) in [6.07, 6.45) is 3.87. The van der Waals surface area contributed by atoms with Crippen LogP contribution in [0, 0.1) is 13.8 Å². The smallest absolute Gasteiger partial charge is 0.243 e. The second-order valence-electron chi connectivity index (χ2n) is 4.58. The molecule has 0 aliphatic rings. The Balaban J connectivity index is 1.67. The summed E-state index contributed by atoms with van der Waals surface area (Å²) in [6.45, 7) is 5.58. The highest BCUT2D eigenvalue weighted by atomic mass is 15.4. The van der Waals surface area contributed by atoms with Gasteiger partial charge < -0.3 is 5.32 Å². The fourth-order valence-corrected chi connectivity index (χ4v) is 1.98. The number of rotatable bonds is 4. The summed E-state index contributed by atoms with van der Waals surface area (Å²) in [5.41, 5.74) is 3.10. The Morgan fingerprint density at radius 3 is 2.89 bits per heavy atom. The van der Waals surface area contributed by atoms with Crippen molar-refractivity contribution in [3.8, 4) is 0 Å². The molecule has 0 spiro atoms. The molecule has 3 aromatic rings. The van der Waals surface area contributed by atoms with Crippen molar-refractivity contribution in [1.82, 2.24) is 24.4 Å². The lowest BCUT2D eigenvalue weighted by Gasteiger charge is -2.01. The molecular formula is C13H16N6. The molecule has 3 rings (SSSR count).